The fourth-order valence-corrected chi connectivity index (χ4v) is 3.47. The SMILES string of the molecule is CCOC(=O)N1CCC(NC(=O)CCN2CCCC(C)C2)CC1. The maximum absolute atomic E-state index is 12.1. The van der Waals surface area contributed by atoms with E-state index in [2.05, 4.69) is 17.1 Å². The van der Waals surface area contributed by atoms with Gasteiger partial charge in [0.05, 0.1) is 6.61 Å². The average Bonchev–Trinajstić information content (AvgIpc) is 2.54. The highest BCUT2D eigenvalue weighted by atomic mass is 16.6. The number of carbonyl (C=O) groups is 2. The van der Waals surface area contributed by atoms with Gasteiger partial charge in [0.25, 0.3) is 0 Å². The molecular weight excluding hydrogens is 294 g/mol. The summed E-state index contributed by atoms with van der Waals surface area (Å²) in [6.45, 7) is 8.92. The second-order valence-electron chi connectivity index (χ2n) is 6.83. The topological polar surface area (TPSA) is 61.9 Å². The molecule has 2 aliphatic heterocycles. The van der Waals surface area contributed by atoms with Gasteiger partial charge >= 0.3 is 6.09 Å². The Morgan fingerprint density at radius 3 is 2.57 bits per heavy atom. The van der Waals surface area contributed by atoms with Crippen molar-refractivity contribution in [1.82, 2.24) is 15.1 Å². The normalized spacial score (nSPS) is 23.6. The number of hydrogen-bond acceptors (Lipinski definition) is 4. The molecule has 2 heterocycles. The summed E-state index contributed by atoms with van der Waals surface area (Å²) in [5, 5.41) is 3.12. The van der Waals surface area contributed by atoms with E-state index in [4.69, 9.17) is 4.74 Å². The van der Waals surface area contributed by atoms with Crippen LogP contribution in [0.5, 0.6) is 0 Å². The van der Waals surface area contributed by atoms with Crippen molar-refractivity contribution in [2.24, 2.45) is 5.92 Å². The highest BCUT2D eigenvalue weighted by Gasteiger charge is 2.24. The van der Waals surface area contributed by atoms with E-state index >= 15 is 0 Å². The average molecular weight is 325 g/mol. The molecule has 6 nitrogen and oxygen atoms in total. The Morgan fingerprint density at radius 1 is 1.17 bits per heavy atom. The van der Waals surface area contributed by atoms with Crippen LogP contribution < -0.4 is 5.32 Å². The second-order valence-corrected chi connectivity index (χ2v) is 6.83. The molecule has 6 heteroatoms. The Balaban J connectivity index is 1.62. The van der Waals surface area contributed by atoms with E-state index in [0.717, 1.165) is 38.4 Å². The molecule has 1 unspecified atom stereocenters. The van der Waals surface area contributed by atoms with E-state index < -0.39 is 0 Å². The molecule has 23 heavy (non-hydrogen) atoms. The van der Waals surface area contributed by atoms with Gasteiger partial charge in [-0.2, -0.15) is 0 Å². The molecule has 2 fully saturated rings. The summed E-state index contributed by atoms with van der Waals surface area (Å²) in [6, 6.07) is 0.188. The van der Waals surface area contributed by atoms with Crippen LogP contribution >= 0.6 is 0 Å². The van der Waals surface area contributed by atoms with Crippen molar-refractivity contribution in [3.63, 3.8) is 0 Å². The molecule has 2 amide bonds. The predicted octanol–water partition coefficient (Wildman–Crippen LogP) is 1.85. The third-order valence-electron chi connectivity index (χ3n) is 4.78. The maximum atomic E-state index is 12.1. The van der Waals surface area contributed by atoms with Crippen molar-refractivity contribution in [2.45, 2.75) is 52.0 Å². The van der Waals surface area contributed by atoms with E-state index in [0.29, 0.717) is 26.1 Å². The van der Waals surface area contributed by atoms with Gasteiger partial charge in [-0.05, 0) is 45.1 Å². The quantitative estimate of drug-likeness (QED) is 0.838. The highest BCUT2D eigenvalue weighted by Crippen LogP contribution is 2.16. The number of nitrogens with one attached hydrogen (secondary N) is 1. The monoisotopic (exact) mass is 325 g/mol. The molecule has 0 aliphatic carbocycles. The number of piperidine rings is 2. The van der Waals surface area contributed by atoms with Gasteiger partial charge in [-0.15, -0.1) is 0 Å². The van der Waals surface area contributed by atoms with Gasteiger partial charge in [-0.3, -0.25) is 4.79 Å². The Bertz CT molecular complexity index is 395. The Hall–Kier alpha value is -1.30. The molecular formula is C17H31N3O3. The second kappa shape index (κ2) is 9.11. The molecule has 2 rings (SSSR count). The lowest BCUT2D eigenvalue weighted by Gasteiger charge is -2.32. The number of carbonyl (C=O) groups excluding carboxylic acids is 2. The summed E-state index contributed by atoms with van der Waals surface area (Å²) in [4.78, 5) is 27.9. The van der Waals surface area contributed by atoms with E-state index in [1.165, 1.54) is 12.8 Å². The fourth-order valence-electron chi connectivity index (χ4n) is 3.47. The first-order valence-electron chi connectivity index (χ1n) is 9.02. The van der Waals surface area contributed by atoms with Crippen molar-refractivity contribution in [2.75, 3.05) is 39.3 Å². The van der Waals surface area contributed by atoms with Gasteiger partial charge in [-0.1, -0.05) is 6.92 Å². The first kappa shape index (κ1) is 18.0. The molecule has 0 radical (unpaired) electrons. The largest absolute Gasteiger partial charge is 0.450 e. The number of nitrogens with zero attached hydrogens (tertiary/aromatic N) is 2. The first-order valence-corrected chi connectivity index (χ1v) is 9.02. The van der Waals surface area contributed by atoms with Crippen LogP contribution in [0.25, 0.3) is 0 Å². The molecule has 0 bridgehead atoms. The lowest BCUT2D eigenvalue weighted by molar-refractivity contribution is -0.122. The summed E-state index contributed by atoms with van der Waals surface area (Å²) >= 11 is 0. The Morgan fingerprint density at radius 2 is 1.91 bits per heavy atom. The van der Waals surface area contributed by atoms with Crippen LogP contribution in [0.2, 0.25) is 0 Å². The summed E-state index contributed by atoms with van der Waals surface area (Å²) in [6.07, 6.45) is 4.51. The maximum Gasteiger partial charge on any atom is 0.409 e. The molecule has 1 N–H and O–H groups in total. The summed E-state index contributed by atoms with van der Waals surface area (Å²) in [5.41, 5.74) is 0. The van der Waals surface area contributed by atoms with Crippen molar-refractivity contribution >= 4 is 12.0 Å². The molecule has 1 atom stereocenters. The zero-order valence-electron chi connectivity index (χ0n) is 14.6. The van der Waals surface area contributed by atoms with Crippen LogP contribution in [0.1, 0.15) is 46.0 Å². The van der Waals surface area contributed by atoms with E-state index in [1.807, 2.05) is 6.92 Å². The molecule has 132 valence electrons. The third-order valence-corrected chi connectivity index (χ3v) is 4.78. The van der Waals surface area contributed by atoms with Crippen molar-refractivity contribution in [1.29, 1.82) is 0 Å². The van der Waals surface area contributed by atoms with Gasteiger partial charge in [0.15, 0.2) is 0 Å². The Labute approximate surface area is 139 Å². The standard InChI is InChI=1S/C17H31N3O3/c1-3-23-17(22)20-11-6-15(7-12-20)18-16(21)8-10-19-9-4-5-14(2)13-19/h14-15H,3-13H2,1-2H3,(H,18,21). The van der Waals surface area contributed by atoms with Crippen LogP contribution in [0.4, 0.5) is 4.79 Å². The predicted molar refractivity (Wildman–Crippen MR) is 89.2 cm³/mol. The summed E-state index contributed by atoms with van der Waals surface area (Å²) in [7, 11) is 0. The lowest BCUT2D eigenvalue weighted by Crippen LogP contribution is -2.47. The number of rotatable bonds is 5. The fraction of sp³-hybridized carbons (Fsp3) is 0.882. The number of amides is 2. The number of hydrogen-bond donors (Lipinski definition) is 1. The molecule has 0 aromatic carbocycles. The minimum absolute atomic E-state index is 0.137. The molecule has 2 saturated heterocycles. The molecule has 0 spiro atoms. The summed E-state index contributed by atoms with van der Waals surface area (Å²) in [5.74, 6) is 0.886. The highest BCUT2D eigenvalue weighted by molar-refractivity contribution is 5.76. The van der Waals surface area contributed by atoms with Crippen molar-refractivity contribution in [3.8, 4) is 0 Å². The Kier molecular flexibility index (Phi) is 7.15. The zero-order valence-corrected chi connectivity index (χ0v) is 14.6. The van der Waals surface area contributed by atoms with Crippen LogP contribution in [0, 0.1) is 5.92 Å². The van der Waals surface area contributed by atoms with Gasteiger partial charge < -0.3 is 19.9 Å². The van der Waals surface area contributed by atoms with Crippen molar-refractivity contribution in [3.05, 3.63) is 0 Å². The van der Waals surface area contributed by atoms with E-state index in [9.17, 15) is 9.59 Å². The van der Waals surface area contributed by atoms with Gasteiger partial charge in [0, 0.05) is 38.6 Å². The van der Waals surface area contributed by atoms with Crippen LogP contribution in [0.3, 0.4) is 0 Å². The molecule has 2 aliphatic rings. The molecule has 0 saturated carbocycles. The van der Waals surface area contributed by atoms with Crippen molar-refractivity contribution < 1.29 is 14.3 Å². The lowest BCUT2D eigenvalue weighted by atomic mass is 10.0. The number of ether oxygens (including phenoxy) is 1. The minimum atomic E-state index is -0.239. The summed E-state index contributed by atoms with van der Waals surface area (Å²) < 4.78 is 5.01. The van der Waals surface area contributed by atoms with Crippen LogP contribution in [0.15, 0.2) is 0 Å². The number of likely N-dealkylation sites (tertiary alicyclic amines) is 2. The van der Waals surface area contributed by atoms with Gasteiger partial charge in [0.1, 0.15) is 0 Å². The van der Waals surface area contributed by atoms with E-state index in [-0.39, 0.29) is 18.0 Å². The molecule has 0 aromatic rings. The van der Waals surface area contributed by atoms with E-state index in [1.54, 1.807) is 4.90 Å². The minimum Gasteiger partial charge on any atom is -0.450 e. The van der Waals surface area contributed by atoms with Gasteiger partial charge in [-0.25, -0.2) is 4.79 Å². The molecule has 0 aromatic heterocycles. The first-order chi connectivity index (χ1) is 11.1. The van der Waals surface area contributed by atoms with Crippen LogP contribution in [-0.2, 0) is 9.53 Å². The van der Waals surface area contributed by atoms with Gasteiger partial charge in [0.2, 0.25) is 5.91 Å². The van der Waals surface area contributed by atoms with Crippen LogP contribution in [-0.4, -0.2) is 67.2 Å². The zero-order chi connectivity index (χ0) is 16.7. The third kappa shape index (κ3) is 6.01. The smallest absolute Gasteiger partial charge is 0.409 e.